The first kappa shape index (κ1) is 21.9. The Balaban J connectivity index is 1.81. The monoisotopic (exact) mass is 465 g/mol. The normalized spacial score (nSPS) is 11.1. The molecule has 0 unspecified atom stereocenters. The van der Waals surface area contributed by atoms with Crippen molar-refractivity contribution in [3.8, 4) is 5.75 Å². The van der Waals surface area contributed by atoms with Crippen molar-refractivity contribution in [1.29, 1.82) is 0 Å². The van der Waals surface area contributed by atoms with Crippen LogP contribution in [0.5, 0.6) is 5.75 Å². The highest BCUT2D eigenvalue weighted by Gasteiger charge is 2.09. The number of amides is 2. The van der Waals surface area contributed by atoms with Crippen LogP contribution in [0.25, 0.3) is 0 Å². The zero-order valence-electron chi connectivity index (χ0n) is 15.8. The Bertz CT molecular complexity index is 916. The van der Waals surface area contributed by atoms with Crippen LogP contribution in [0.15, 0.2) is 46.0 Å². The number of benzene rings is 2. The molecule has 0 aromatic heterocycles. The molecule has 2 aromatic rings. The molecule has 0 heterocycles. The molecule has 0 saturated heterocycles. The summed E-state index contributed by atoms with van der Waals surface area (Å²) in [5.41, 5.74) is 5.36. The van der Waals surface area contributed by atoms with Crippen molar-refractivity contribution in [2.75, 3.05) is 11.9 Å². The molecular formula is C20H21BrClN3O3. The lowest BCUT2D eigenvalue weighted by Crippen LogP contribution is -2.26. The minimum atomic E-state index is -0.419. The molecule has 0 spiro atoms. The van der Waals surface area contributed by atoms with Gasteiger partial charge in [-0.05, 0) is 72.1 Å². The van der Waals surface area contributed by atoms with Gasteiger partial charge in [-0.1, -0.05) is 23.7 Å². The van der Waals surface area contributed by atoms with Gasteiger partial charge < -0.3 is 10.1 Å². The number of hydrogen-bond acceptors (Lipinski definition) is 4. The second kappa shape index (κ2) is 10.2. The highest BCUT2D eigenvalue weighted by atomic mass is 79.9. The fourth-order valence-corrected chi connectivity index (χ4v) is 3.05. The van der Waals surface area contributed by atoms with Crippen LogP contribution >= 0.6 is 27.5 Å². The van der Waals surface area contributed by atoms with Gasteiger partial charge in [-0.2, -0.15) is 5.10 Å². The Labute approximate surface area is 177 Å². The van der Waals surface area contributed by atoms with E-state index in [0.29, 0.717) is 22.2 Å². The minimum absolute atomic E-state index is 0.0383. The van der Waals surface area contributed by atoms with Crippen LogP contribution in [0.3, 0.4) is 0 Å². The van der Waals surface area contributed by atoms with Gasteiger partial charge in [0.1, 0.15) is 5.75 Å². The van der Waals surface area contributed by atoms with Crippen LogP contribution in [-0.2, 0) is 9.59 Å². The van der Waals surface area contributed by atoms with Gasteiger partial charge in [0.05, 0.1) is 10.9 Å². The molecule has 0 radical (unpaired) electrons. The Morgan fingerprint density at radius 3 is 2.64 bits per heavy atom. The molecule has 2 aromatic carbocycles. The van der Waals surface area contributed by atoms with Gasteiger partial charge in [0.25, 0.3) is 5.91 Å². The number of hydrogen-bond donors (Lipinski definition) is 2. The van der Waals surface area contributed by atoms with E-state index < -0.39 is 5.91 Å². The first-order valence-corrected chi connectivity index (χ1v) is 9.69. The average molecular weight is 467 g/mol. The first-order chi connectivity index (χ1) is 13.3. The summed E-state index contributed by atoms with van der Waals surface area (Å²) >= 11 is 9.43. The summed E-state index contributed by atoms with van der Waals surface area (Å²) in [6.07, 6.45) is 0.0383. The molecule has 2 rings (SSSR count). The Morgan fingerprint density at radius 2 is 1.93 bits per heavy atom. The molecule has 6 nitrogen and oxygen atoms in total. The van der Waals surface area contributed by atoms with E-state index in [1.54, 1.807) is 31.2 Å². The molecule has 2 N–H and O–H groups in total. The van der Waals surface area contributed by atoms with E-state index in [2.05, 4.69) is 31.8 Å². The van der Waals surface area contributed by atoms with Crippen molar-refractivity contribution in [3.05, 3.63) is 57.0 Å². The third kappa shape index (κ3) is 6.65. The SMILES string of the molecule is C/C(CC(=O)Nc1cccc(Cl)c1C)=N/NC(=O)COc1ccc(C)cc1Br. The van der Waals surface area contributed by atoms with Crippen LogP contribution in [0, 0.1) is 13.8 Å². The van der Waals surface area contributed by atoms with Gasteiger partial charge in [-0.3, -0.25) is 9.59 Å². The maximum atomic E-state index is 12.1. The molecule has 28 heavy (non-hydrogen) atoms. The van der Waals surface area contributed by atoms with E-state index in [9.17, 15) is 9.59 Å². The average Bonchev–Trinajstić information content (AvgIpc) is 2.63. The lowest BCUT2D eigenvalue weighted by atomic mass is 10.2. The Morgan fingerprint density at radius 1 is 1.18 bits per heavy atom. The highest BCUT2D eigenvalue weighted by molar-refractivity contribution is 9.10. The number of anilines is 1. The third-order valence-electron chi connectivity index (χ3n) is 3.78. The molecule has 0 aliphatic rings. The number of carbonyl (C=O) groups is 2. The fourth-order valence-electron chi connectivity index (χ4n) is 2.27. The predicted molar refractivity (Wildman–Crippen MR) is 115 cm³/mol. The molecule has 0 fully saturated rings. The molecule has 8 heteroatoms. The molecule has 0 aliphatic carbocycles. The zero-order valence-corrected chi connectivity index (χ0v) is 18.1. The third-order valence-corrected chi connectivity index (χ3v) is 4.80. The molecule has 148 valence electrons. The predicted octanol–water partition coefficient (Wildman–Crippen LogP) is 4.62. The molecule has 0 bridgehead atoms. The van der Waals surface area contributed by atoms with E-state index in [1.807, 2.05) is 26.0 Å². The maximum Gasteiger partial charge on any atom is 0.277 e. The number of hydrazone groups is 1. The van der Waals surface area contributed by atoms with Crippen molar-refractivity contribution in [2.24, 2.45) is 5.10 Å². The van der Waals surface area contributed by atoms with E-state index in [4.69, 9.17) is 16.3 Å². The van der Waals surface area contributed by atoms with Crippen molar-refractivity contribution in [2.45, 2.75) is 27.2 Å². The summed E-state index contributed by atoms with van der Waals surface area (Å²) in [5, 5.41) is 7.29. The topological polar surface area (TPSA) is 79.8 Å². The minimum Gasteiger partial charge on any atom is -0.483 e. The smallest absolute Gasteiger partial charge is 0.277 e. The van der Waals surface area contributed by atoms with E-state index >= 15 is 0 Å². The summed E-state index contributed by atoms with van der Waals surface area (Å²) < 4.78 is 6.22. The van der Waals surface area contributed by atoms with Crippen LogP contribution in [-0.4, -0.2) is 24.1 Å². The second-order valence-corrected chi connectivity index (χ2v) is 7.50. The van der Waals surface area contributed by atoms with Gasteiger partial charge in [-0.15, -0.1) is 0 Å². The van der Waals surface area contributed by atoms with Crippen LogP contribution < -0.4 is 15.5 Å². The fraction of sp³-hybridized carbons (Fsp3) is 0.250. The van der Waals surface area contributed by atoms with Crippen molar-refractivity contribution >= 4 is 50.7 Å². The molecular weight excluding hydrogens is 446 g/mol. The summed E-state index contributed by atoms with van der Waals surface area (Å²) in [6, 6.07) is 10.9. The molecule has 2 amide bonds. The number of halogens is 2. The number of ether oxygens (including phenoxy) is 1. The molecule has 0 atom stereocenters. The lowest BCUT2D eigenvalue weighted by Gasteiger charge is -2.10. The summed E-state index contributed by atoms with van der Waals surface area (Å²) in [6.45, 7) is 5.25. The number of aryl methyl sites for hydroxylation is 1. The van der Waals surface area contributed by atoms with Gasteiger partial charge in [0, 0.05) is 16.4 Å². The molecule has 0 saturated carbocycles. The van der Waals surface area contributed by atoms with Gasteiger partial charge in [0.2, 0.25) is 5.91 Å². The van der Waals surface area contributed by atoms with Crippen molar-refractivity contribution in [3.63, 3.8) is 0 Å². The highest BCUT2D eigenvalue weighted by Crippen LogP contribution is 2.25. The number of nitrogens with zero attached hydrogens (tertiary/aromatic N) is 1. The number of nitrogens with one attached hydrogen (secondary N) is 2. The molecule has 0 aliphatic heterocycles. The van der Waals surface area contributed by atoms with E-state index in [1.165, 1.54) is 0 Å². The summed E-state index contributed by atoms with van der Waals surface area (Å²) in [7, 11) is 0. The van der Waals surface area contributed by atoms with Crippen molar-refractivity contribution in [1.82, 2.24) is 5.43 Å². The van der Waals surface area contributed by atoms with E-state index in [-0.39, 0.29) is 18.9 Å². The lowest BCUT2D eigenvalue weighted by molar-refractivity contribution is -0.123. The largest absolute Gasteiger partial charge is 0.483 e. The van der Waals surface area contributed by atoms with Crippen LogP contribution in [0.4, 0.5) is 5.69 Å². The summed E-state index contributed by atoms with van der Waals surface area (Å²) in [5.74, 6) is -0.101. The van der Waals surface area contributed by atoms with Gasteiger partial charge in [-0.25, -0.2) is 5.43 Å². The van der Waals surface area contributed by atoms with Crippen LogP contribution in [0.2, 0.25) is 5.02 Å². The van der Waals surface area contributed by atoms with E-state index in [0.717, 1.165) is 15.6 Å². The Kier molecular flexibility index (Phi) is 8.02. The maximum absolute atomic E-state index is 12.1. The Hall–Kier alpha value is -2.38. The second-order valence-electron chi connectivity index (χ2n) is 6.24. The van der Waals surface area contributed by atoms with Crippen molar-refractivity contribution < 1.29 is 14.3 Å². The number of rotatable bonds is 7. The number of carbonyl (C=O) groups excluding carboxylic acids is 2. The summed E-state index contributed by atoms with van der Waals surface area (Å²) in [4.78, 5) is 24.0. The van der Waals surface area contributed by atoms with Crippen LogP contribution in [0.1, 0.15) is 24.5 Å². The zero-order chi connectivity index (χ0) is 20.7. The standard InChI is InChI=1S/C20H21BrClN3O3/c1-12-7-8-18(15(21)9-12)28-11-20(27)25-24-13(2)10-19(26)23-17-6-4-5-16(22)14(17)3/h4-9H,10-11H2,1-3H3,(H,23,26)(H,25,27)/b24-13-. The quantitative estimate of drug-likeness (QED) is 0.461. The first-order valence-electron chi connectivity index (χ1n) is 8.52. The van der Waals surface area contributed by atoms with Gasteiger partial charge >= 0.3 is 0 Å². The van der Waals surface area contributed by atoms with Gasteiger partial charge in [0.15, 0.2) is 6.61 Å².